The van der Waals surface area contributed by atoms with Gasteiger partial charge in [0.25, 0.3) is 0 Å². The smallest absolute Gasteiger partial charge is 0.226 e. The molecule has 6 nitrogen and oxygen atoms in total. The van der Waals surface area contributed by atoms with E-state index in [-0.39, 0.29) is 34.9 Å². The van der Waals surface area contributed by atoms with Crippen LogP contribution >= 0.6 is 23.2 Å². The fraction of sp³-hybridized carbons (Fsp3) is 0.316. The number of nitrogens with zero attached hydrogens (tertiary/aromatic N) is 3. The maximum absolute atomic E-state index is 12.4. The number of carbonyl (C=O) groups excluding carboxylic acids is 1. The Labute approximate surface area is 166 Å². The van der Waals surface area contributed by atoms with Crippen LogP contribution in [0, 0.1) is 11.3 Å². The summed E-state index contributed by atoms with van der Waals surface area (Å²) in [7, 11) is 0. The summed E-state index contributed by atoms with van der Waals surface area (Å²) in [5, 5.41) is 19.1. The van der Waals surface area contributed by atoms with Crippen LogP contribution in [-0.4, -0.2) is 40.1 Å². The number of piperidine rings is 1. The van der Waals surface area contributed by atoms with Crippen molar-refractivity contribution in [1.82, 2.24) is 9.88 Å². The quantitative estimate of drug-likeness (QED) is 0.785. The fourth-order valence-electron chi connectivity index (χ4n) is 2.86. The Morgan fingerprint density at radius 2 is 2.04 bits per heavy atom. The molecule has 27 heavy (non-hydrogen) atoms. The van der Waals surface area contributed by atoms with Crippen LogP contribution in [0.3, 0.4) is 0 Å². The normalized spacial score (nSPS) is 14.7. The maximum Gasteiger partial charge on any atom is 0.226 e. The highest BCUT2D eigenvalue weighted by Gasteiger charge is 2.21. The van der Waals surface area contributed by atoms with E-state index in [1.165, 1.54) is 12.3 Å². The molecule has 0 saturated carbocycles. The first kappa shape index (κ1) is 19.4. The molecule has 1 aliphatic heterocycles. The standard InChI is InChI=1S/C19H17Cl2N3O3/c20-15-9-12(10-18(26)24-7-4-13(25)5-8-24)1-2-17(15)27-16-3-6-23-19(21)14(16)11-22/h1-3,6,9,13,25H,4-5,7-8,10H2. The van der Waals surface area contributed by atoms with E-state index in [9.17, 15) is 15.2 Å². The highest BCUT2D eigenvalue weighted by molar-refractivity contribution is 6.32. The first-order valence-corrected chi connectivity index (χ1v) is 9.20. The number of likely N-dealkylation sites (tertiary alicyclic amines) is 1. The number of aliphatic hydroxyl groups excluding tert-OH is 1. The summed E-state index contributed by atoms with van der Waals surface area (Å²) in [4.78, 5) is 18.0. The van der Waals surface area contributed by atoms with Gasteiger partial charge in [-0.05, 0) is 30.5 Å². The van der Waals surface area contributed by atoms with Gasteiger partial charge in [0, 0.05) is 25.4 Å². The lowest BCUT2D eigenvalue weighted by Crippen LogP contribution is -2.40. The third kappa shape index (κ3) is 4.69. The zero-order valence-electron chi connectivity index (χ0n) is 14.4. The van der Waals surface area contributed by atoms with Crippen molar-refractivity contribution in [2.75, 3.05) is 13.1 Å². The van der Waals surface area contributed by atoms with Gasteiger partial charge in [-0.15, -0.1) is 0 Å². The molecule has 1 aromatic carbocycles. The van der Waals surface area contributed by atoms with E-state index in [1.54, 1.807) is 23.1 Å². The topological polar surface area (TPSA) is 86.5 Å². The van der Waals surface area contributed by atoms with Gasteiger partial charge in [-0.1, -0.05) is 29.3 Å². The van der Waals surface area contributed by atoms with Crippen molar-refractivity contribution in [3.8, 4) is 17.6 Å². The van der Waals surface area contributed by atoms with Gasteiger partial charge in [-0.25, -0.2) is 4.98 Å². The number of rotatable bonds is 4. The second-order valence-electron chi connectivity index (χ2n) is 6.24. The van der Waals surface area contributed by atoms with E-state index in [0.29, 0.717) is 36.7 Å². The van der Waals surface area contributed by atoms with E-state index in [2.05, 4.69) is 4.98 Å². The number of benzene rings is 1. The Hall–Kier alpha value is -2.33. The van der Waals surface area contributed by atoms with Crippen LogP contribution in [0.4, 0.5) is 0 Å². The second-order valence-corrected chi connectivity index (χ2v) is 7.01. The molecule has 0 spiro atoms. The van der Waals surface area contributed by atoms with Gasteiger partial charge >= 0.3 is 0 Å². The molecule has 1 fully saturated rings. The van der Waals surface area contributed by atoms with Crippen LogP contribution in [-0.2, 0) is 11.2 Å². The summed E-state index contributed by atoms with van der Waals surface area (Å²) in [5.74, 6) is 0.613. The molecular formula is C19H17Cl2N3O3. The minimum Gasteiger partial charge on any atom is -0.454 e. The van der Waals surface area contributed by atoms with Crippen molar-refractivity contribution in [3.05, 3.63) is 51.8 Å². The number of aliphatic hydroxyl groups is 1. The van der Waals surface area contributed by atoms with Gasteiger partial charge < -0.3 is 14.7 Å². The molecule has 1 aromatic heterocycles. The Morgan fingerprint density at radius 3 is 2.70 bits per heavy atom. The molecule has 2 aromatic rings. The summed E-state index contributed by atoms with van der Waals surface area (Å²) in [5.41, 5.74) is 0.888. The van der Waals surface area contributed by atoms with Crippen molar-refractivity contribution in [2.45, 2.75) is 25.4 Å². The zero-order chi connectivity index (χ0) is 19.4. The van der Waals surface area contributed by atoms with Crippen molar-refractivity contribution in [3.63, 3.8) is 0 Å². The van der Waals surface area contributed by atoms with E-state index >= 15 is 0 Å². The van der Waals surface area contributed by atoms with Crippen LogP contribution in [0.2, 0.25) is 10.2 Å². The number of aromatic nitrogens is 1. The highest BCUT2D eigenvalue weighted by Crippen LogP contribution is 2.33. The molecule has 1 saturated heterocycles. The number of hydrogen-bond acceptors (Lipinski definition) is 5. The number of ether oxygens (including phenoxy) is 1. The van der Waals surface area contributed by atoms with Crippen molar-refractivity contribution in [1.29, 1.82) is 5.26 Å². The summed E-state index contributed by atoms with van der Waals surface area (Å²) in [6.45, 7) is 1.13. The molecule has 2 heterocycles. The zero-order valence-corrected chi connectivity index (χ0v) is 15.9. The third-order valence-electron chi connectivity index (χ3n) is 4.37. The fourth-order valence-corrected chi connectivity index (χ4v) is 3.30. The van der Waals surface area contributed by atoms with Gasteiger partial charge in [0.2, 0.25) is 5.91 Å². The largest absolute Gasteiger partial charge is 0.454 e. The number of amides is 1. The molecule has 0 aliphatic carbocycles. The van der Waals surface area contributed by atoms with Crippen molar-refractivity contribution >= 4 is 29.1 Å². The van der Waals surface area contributed by atoms with E-state index < -0.39 is 0 Å². The molecule has 1 amide bonds. The molecule has 8 heteroatoms. The van der Waals surface area contributed by atoms with Crippen LogP contribution in [0.25, 0.3) is 0 Å². The van der Waals surface area contributed by atoms with Gasteiger partial charge in [0.15, 0.2) is 5.15 Å². The van der Waals surface area contributed by atoms with Crippen LogP contribution in [0.15, 0.2) is 30.5 Å². The minimum absolute atomic E-state index is 0.000632. The lowest BCUT2D eigenvalue weighted by atomic mass is 10.1. The Balaban J connectivity index is 1.70. The summed E-state index contributed by atoms with van der Waals surface area (Å²) >= 11 is 12.2. The van der Waals surface area contributed by atoms with Gasteiger partial charge in [0.05, 0.1) is 17.5 Å². The molecule has 0 radical (unpaired) electrons. The monoisotopic (exact) mass is 405 g/mol. The molecule has 140 valence electrons. The van der Waals surface area contributed by atoms with Crippen molar-refractivity contribution in [2.24, 2.45) is 0 Å². The average molecular weight is 406 g/mol. The number of nitriles is 1. The molecule has 1 N–H and O–H groups in total. The molecule has 0 atom stereocenters. The summed E-state index contributed by atoms with van der Waals surface area (Å²) < 4.78 is 5.70. The van der Waals surface area contributed by atoms with Crippen LogP contribution in [0.1, 0.15) is 24.0 Å². The lowest BCUT2D eigenvalue weighted by Gasteiger charge is -2.29. The molecule has 0 bridgehead atoms. The highest BCUT2D eigenvalue weighted by atomic mass is 35.5. The van der Waals surface area contributed by atoms with E-state index in [0.717, 1.165) is 5.56 Å². The second kappa shape index (κ2) is 8.57. The first-order valence-electron chi connectivity index (χ1n) is 8.44. The molecule has 3 rings (SSSR count). The van der Waals surface area contributed by atoms with Crippen LogP contribution < -0.4 is 4.74 Å². The molecular weight excluding hydrogens is 389 g/mol. The van der Waals surface area contributed by atoms with Gasteiger partial charge in [-0.2, -0.15) is 5.26 Å². The summed E-state index contributed by atoms with van der Waals surface area (Å²) in [6.07, 6.45) is 2.56. The van der Waals surface area contributed by atoms with E-state index in [1.807, 2.05) is 6.07 Å². The van der Waals surface area contributed by atoms with Crippen LogP contribution in [0.5, 0.6) is 11.5 Å². The Bertz CT molecular complexity index is 890. The first-order chi connectivity index (χ1) is 13.0. The third-order valence-corrected chi connectivity index (χ3v) is 4.95. The minimum atomic E-state index is -0.320. The number of pyridine rings is 1. The van der Waals surface area contributed by atoms with Gasteiger partial charge in [-0.3, -0.25) is 4.79 Å². The van der Waals surface area contributed by atoms with Gasteiger partial charge in [0.1, 0.15) is 23.1 Å². The average Bonchev–Trinajstić information content (AvgIpc) is 2.64. The molecule has 0 unspecified atom stereocenters. The summed E-state index contributed by atoms with van der Waals surface area (Å²) in [6, 6.07) is 8.56. The van der Waals surface area contributed by atoms with Crippen molar-refractivity contribution < 1.29 is 14.6 Å². The SMILES string of the molecule is N#Cc1c(Oc2ccc(CC(=O)N3CCC(O)CC3)cc2Cl)ccnc1Cl. The predicted molar refractivity (Wildman–Crippen MR) is 101 cm³/mol. The number of hydrogen-bond donors (Lipinski definition) is 1. The number of carbonyl (C=O) groups is 1. The lowest BCUT2D eigenvalue weighted by molar-refractivity contribution is -0.132. The van der Waals surface area contributed by atoms with E-state index in [4.69, 9.17) is 27.9 Å². The Kier molecular flexibility index (Phi) is 6.17. The Morgan fingerprint density at radius 1 is 1.30 bits per heavy atom. The molecule has 1 aliphatic rings. The number of halogens is 2. The predicted octanol–water partition coefficient (Wildman–Crippen LogP) is 3.58. The maximum atomic E-state index is 12.4.